The molecule has 120 valence electrons. The largest absolute Gasteiger partial charge is 0.369 e. The highest BCUT2D eigenvalue weighted by atomic mass is 32.2. The molecular formula is C18H20N2O2S. The van der Waals surface area contributed by atoms with Crippen LogP contribution in [0.5, 0.6) is 0 Å². The molecule has 5 heteroatoms. The molecule has 0 aromatic heterocycles. The first-order valence-electron chi connectivity index (χ1n) is 7.68. The summed E-state index contributed by atoms with van der Waals surface area (Å²) in [5.41, 5.74) is 2.03. The van der Waals surface area contributed by atoms with Crippen molar-refractivity contribution in [3.8, 4) is 0 Å². The summed E-state index contributed by atoms with van der Waals surface area (Å²) >= 11 is 0. The minimum Gasteiger partial charge on any atom is -0.369 e. The number of piperazine rings is 1. The average molecular weight is 328 g/mol. The van der Waals surface area contributed by atoms with E-state index in [0.29, 0.717) is 26.2 Å². The zero-order valence-corrected chi connectivity index (χ0v) is 13.7. The van der Waals surface area contributed by atoms with Crippen LogP contribution < -0.4 is 4.90 Å². The fourth-order valence-corrected chi connectivity index (χ4v) is 3.83. The molecule has 23 heavy (non-hydrogen) atoms. The summed E-state index contributed by atoms with van der Waals surface area (Å²) in [4.78, 5) is 2.22. The third-order valence-corrected chi connectivity index (χ3v) is 5.52. The molecule has 0 atom stereocenters. The monoisotopic (exact) mass is 328 g/mol. The molecule has 1 aliphatic rings. The minimum absolute atomic E-state index is 0.510. The van der Waals surface area contributed by atoms with Gasteiger partial charge in [0.2, 0.25) is 10.0 Å². The summed E-state index contributed by atoms with van der Waals surface area (Å²) < 4.78 is 26.4. The Bertz CT molecular complexity index is 750. The number of anilines is 1. The summed E-state index contributed by atoms with van der Waals surface area (Å²) in [7, 11) is -3.36. The second kappa shape index (κ2) is 6.98. The summed E-state index contributed by atoms with van der Waals surface area (Å²) in [5.74, 6) is 0. The highest BCUT2D eigenvalue weighted by Crippen LogP contribution is 2.17. The van der Waals surface area contributed by atoms with E-state index < -0.39 is 10.0 Å². The van der Waals surface area contributed by atoms with Gasteiger partial charge in [-0.2, -0.15) is 4.31 Å². The Kier molecular flexibility index (Phi) is 4.79. The van der Waals surface area contributed by atoms with Crippen LogP contribution in [0.3, 0.4) is 0 Å². The van der Waals surface area contributed by atoms with Crippen molar-refractivity contribution in [2.24, 2.45) is 0 Å². The van der Waals surface area contributed by atoms with Gasteiger partial charge in [-0.05, 0) is 23.8 Å². The van der Waals surface area contributed by atoms with Crippen LogP contribution >= 0.6 is 0 Å². The van der Waals surface area contributed by atoms with Gasteiger partial charge >= 0.3 is 0 Å². The Morgan fingerprint density at radius 1 is 0.783 bits per heavy atom. The molecule has 0 bridgehead atoms. The van der Waals surface area contributed by atoms with E-state index in [1.807, 2.05) is 48.5 Å². The predicted molar refractivity (Wildman–Crippen MR) is 94.6 cm³/mol. The lowest BCUT2D eigenvalue weighted by molar-refractivity contribution is 0.390. The maximum Gasteiger partial charge on any atom is 0.236 e. The lowest BCUT2D eigenvalue weighted by Gasteiger charge is -2.34. The van der Waals surface area contributed by atoms with Crippen LogP contribution in [0.4, 0.5) is 5.69 Å². The molecule has 3 rings (SSSR count). The van der Waals surface area contributed by atoms with Crippen molar-refractivity contribution in [1.29, 1.82) is 0 Å². The second-order valence-electron chi connectivity index (χ2n) is 5.48. The van der Waals surface area contributed by atoms with E-state index in [4.69, 9.17) is 0 Å². The third-order valence-electron chi connectivity index (χ3n) is 3.95. The van der Waals surface area contributed by atoms with Crippen molar-refractivity contribution in [2.45, 2.75) is 0 Å². The zero-order valence-electron chi connectivity index (χ0n) is 12.9. The highest BCUT2D eigenvalue weighted by Gasteiger charge is 2.24. The minimum atomic E-state index is -3.36. The molecule has 1 aliphatic heterocycles. The fraction of sp³-hybridized carbons (Fsp3) is 0.222. The van der Waals surface area contributed by atoms with Gasteiger partial charge in [0.15, 0.2) is 0 Å². The van der Waals surface area contributed by atoms with E-state index in [9.17, 15) is 8.42 Å². The summed E-state index contributed by atoms with van der Waals surface area (Å²) in [6, 6.07) is 19.6. The lowest BCUT2D eigenvalue weighted by Crippen LogP contribution is -2.48. The van der Waals surface area contributed by atoms with Crippen molar-refractivity contribution in [3.05, 3.63) is 71.6 Å². The fourth-order valence-electron chi connectivity index (χ4n) is 2.65. The highest BCUT2D eigenvalue weighted by molar-refractivity contribution is 7.92. The number of rotatable bonds is 4. The van der Waals surface area contributed by atoms with Crippen LogP contribution in [0, 0.1) is 0 Å². The van der Waals surface area contributed by atoms with Crippen molar-refractivity contribution >= 4 is 21.8 Å². The average Bonchev–Trinajstić information content (AvgIpc) is 2.62. The molecule has 0 aliphatic carbocycles. The van der Waals surface area contributed by atoms with Gasteiger partial charge in [-0.25, -0.2) is 8.42 Å². The van der Waals surface area contributed by atoms with Gasteiger partial charge in [-0.15, -0.1) is 0 Å². The number of benzene rings is 2. The van der Waals surface area contributed by atoms with E-state index >= 15 is 0 Å². The van der Waals surface area contributed by atoms with Crippen molar-refractivity contribution in [3.63, 3.8) is 0 Å². The lowest BCUT2D eigenvalue weighted by atomic mass is 10.2. The Balaban J connectivity index is 1.63. The molecule has 0 spiro atoms. The normalized spacial score (nSPS) is 16.8. The first-order chi connectivity index (χ1) is 11.1. The molecule has 1 fully saturated rings. The molecule has 0 saturated carbocycles. The molecule has 2 aromatic carbocycles. The van der Waals surface area contributed by atoms with Crippen LogP contribution in [0.25, 0.3) is 6.08 Å². The molecule has 1 heterocycles. The smallest absolute Gasteiger partial charge is 0.236 e. The summed E-state index contributed by atoms with van der Waals surface area (Å²) in [6.07, 6.45) is 1.65. The molecule has 2 aromatic rings. The van der Waals surface area contributed by atoms with E-state index in [-0.39, 0.29) is 0 Å². The number of hydrogen-bond acceptors (Lipinski definition) is 3. The Morgan fingerprint density at radius 3 is 1.96 bits per heavy atom. The van der Waals surface area contributed by atoms with Crippen molar-refractivity contribution in [2.75, 3.05) is 31.1 Å². The van der Waals surface area contributed by atoms with Crippen LogP contribution in [-0.4, -0.2) is 38.9 Å². The van der Waals surface area contributed by atoms with Crippen LogP contribution in [0.2, 0.25) is 0 Å². The van der Waals surface area contributed by atoms with Gasteiger partial charge in [0, 0.05) is 37.3 Å². The molecule has 0 unspecified atom stereocenters. The molecular weight excluding hydrogens is 308 g/mol. The van der Waals surface area contributed by atoms with E-state index in [1.54, 1.807) is 10.4 Å². The Hall–Kier alpha value is -2.11. The van der Waals surface area contributed by atoms with E-state index in [2.05, 4.69) is 17.0 Å². The van der Waals surface area contributed by atoms with Crippen LogP contribution in [0.15, 0.2) is 66.1 Å². The van der Waals surface area contributed by atoms with Crippen molar-refractivity contribution < 1.29 is 8.42 Å². The summed E-state index contributed by atoms with van der Waals surface area (Å²) in [5, 5.41) is 1.31. The number of para-hydroxylation sites is 1. The molecule has 1 saturated heterocycles. The third kappa shape index (κ3) is 4.00. The first kappa shape index (κ1) is 15.8. The molecule has 0 N–H and O–H groups in total. The zero-order chi connectivity index (χ0) is 16.1. The second-order valence-corrected chi connectivity index (χ2v) is 7.30. The van der Waals surface area contributed by atoms with Gasteiger partial charge in [0.05, 0.1) is 0 Å². The Labute approximate surface area is 137 Å². The van der Waals surface area contributed by atoms with Crippen molar-refractivity contribution in [1.82, 2.24) is 4.31 Å². The maximum atomic E-state index is 12.4. The number of hydrogen-bond donors (Lipinski definition) is 0. The van der Waals surface area contributed by atoms with Crippen LogP contribution in [-0.2, 0) is 10.0 Å². The van der Waals surface area contributed by atoms with Gasteiger partial charge in [0.1, 0.15) is 0 Å². The molecule has 4 nitrogen and oxygen atoms in total. The quantitative estimate of drug-likeness (QED) is 0.866. The van der Waals surface area contributed by atoms with E-state index in [1.165, 1.54) is 5.41 Å². The topological polar surface area (TPSA) is 40.6 Å². The Morgan fingerprint density at radius 2 is 1.35 bits per heavy atom. The molecule has 0 radical (unpaired) electrons. The number of nitrogens with zero attached hydrogens (tertiary/aromatic N) is 2. The standard InChI is InChI=1S/C18H20N2O2S/c21-23(22,16-11-17-7-3-1-4-8-17)20-14-12-19(13-15-20)18-9-5-2-6-10-18/h1-11,16H,12-15H2/b16-11+. The number of sulfonamides is 1. The van der Waals surface area contributed by atoms with Gasteiger partial charge in [-0.1, -0.05) is 48.5 Å². The molecule has 0 amide bonds. The first-order valence-corrected chi connectivity index (χ1v) is 9.19. The van der Waals surface area contributed by atoms with Gasteiger partial charge in [0.25, 0.3) is 0 Å². The maximum absolute atomic E-state index is 12.4. The van der Waals surface area contributed by atoms with Crippen LogP contribution in [0.1, 0.15) is 5.56 Å². The van der Waals surface area contributed by atoms with E-state index in [0.717, 1.165) is 11.3 Å². The predicted octanol–water partition coefficient (Wildman–Crippen LogP) is 2.81. The van der Waals surface area contributed by atoms with Gasteiger partial charge < -0.3 is 4.90 Å². The SMILES string of the molecule is O=S(=O)(/C=C/c1ccccc1)N1CCN(c2ccccc2)CC1. The summed E-state index contributed by atoms with van der Waals surface area (Å²) in [6.45, 7) is 2.44. The van der Waals surface area contributed by atoms with Gasteiger partial charge in [-0.3, -0.25) is 0 Å².